The molecule has 3 nitrogen and oxygen atoms in total. The van der Waals surface area contributed by atoms with Crippen molar-refractivity contribution in [3.05, 3.63) is 59.4 Å². The molecule has 0 aliphatic heterocycles. The predicted octanol–water partition coefficient (Wildman–Crippen LogP) is 3.01. The summed E-state index contributed by atoms with van der Waals surface area (Å²) in [4.78, 5) is 17.6. The number of pyridine rings is 1. The monoisotopic (exact) mass is 246 g/mol. The van der Waals surface area contributed by atoms with Gasteiger partial charge in [0.25, 0.3) is 5.91 Å². The van der Waals surface area contributed by atoms with Gasteiger partial charge in [-0.15, -0.1) is 0 Å². The lowest BCUT2D eigenvalue weighted by Crippen LogP contribution is -2.26. The zero-order chi connectivity index (χ0) is 12.3. The van der Waals surface area contributed by atoms with E-state index in [0.717, 1.165) is 5.69 Å². The van der Waals surface area contributed by atoms with Crippen LogP contribution in [0.4, 0.5) is 5.69 Å². The van der Waals surface area contributed by atoms with Gasteiger partial charge in [0.1, 0.15) is 5.15 Å². The Bertz CT molecular complexity index is 528. The quantitative estimate of drug-likeness (QED) is 0.764. The summed E-state index contributed by atoms with van der Waals surface area (Å²) in [6.07, 6.45) is 1.56. The third kappa shape index (κ3) is 2.45. The van der Waals surface area contributed by atoms with Gasteiger partial charge in [0, 0.05) is 18.9 Å². The van der Waals surface area contributed by atoms with E-state index in [2.05, 4.69) is 4.98 Å². The number of nitrogens with zero attached hydrogens (tertiary/aromatic N) is 2. The molecule has 0 saturated heterocycles. The first-order chi connectivity index (χ1) is 8.20. The Hall–Kier alpha value is -1.87. The first-order valence-corrected chi connectivity index (χ1v) is 5.51. The van der Waals surface area contributed by atoms with Crippen molar-refractivity contribution >= 4 is 23.2 Å². The highest BCUT2D eigenvalue weighted by Crippen LogP contribution is 2.18. The Kier molecular flexibility index (Phi) is 3.40. The van der Waals surface area contributed by atoms with Crippen LogP contribution < -0.4 is 4.90 Å². The van der Waals surface area contributed by atoms with Crippen LogP contribution in [0.5, 0.6) is 0 Å². The molecule has 0 unspecified atom stereocenters. The van der Waals surface area contributed by atoms with Crippen LogP contribution in [0.25, 0.3) is 0 Å². The molecule has 17 heavy (non-hydrogen) atoms. The molecular weight excluding hydrogens is 236 g/mol. The zero-order valence-electron chi connectivity index (χ0n) is 9.30. The van der Waals surface area contributed by atoms with Crippen molar-refractivity contribution in [2.24, 2.45) is 0 Å². The van der Waals surface area contributed by atoms with Gasteiger partial charge in [-0.1, -0.05) is 29.8 Å². The van der Waals surface area contributed by atoms with Crippen LogP contribution in [0.1, 0.15) is 10.4 Å². The smallest absolute Gasteiger partial charge is 0.261 e. The summed E-state index contributed by atoms with van der Waals surface area (Å²) < 4.78 is 0. The fraction of sp³-hybridized carbons (Fsp3) is 0.0769. The highest BCUT2D eigenvalue weighted by Gasteiger charge is 2.16. The molecule has 0 bridgehead atoms. The maximum atomic E-state index is 12.2. The number of carbonyl (C=O) groups excluding carboxylic acids is 1. The summed E-state index contributed by atoms with van der Waals surface area (Å²) in [7, 11) is 1.71. The van der Waals surface area contributed by atoms with Gasteiger partial charge in [0.2, 0.25) is 0 Å². The lowest BCUT2D eigenvalue weighted by Gasteiger charge is -2.17. The van der Waals surface area contributed by atoms with Crippen LogP contribution in [0.2, 0.25) is 5.15 Å². The average molecular weight is 247 g/mol. The van der Waals surface area contributed by atoms with E-state index in [1.54, 1.807) is 30.3 Å². The first kappa shape index (κ1) is 11.6. The van der Waals surface area contributed by atoms with Crippen LogP contribution in [0.15, 0.2) is 48.7 Å². The lowest BCUT2D eigenvalue weighted by molar-refractivity contribution is 0.0993. The number of hydrogen-bond donors (Lipinski definition) is 0. The Labute approximate surface area is 105 Å². The second-order valence-corrected chi connectivity index (χ2v) is 3.90. The van der Waals surface area contributed by atoms with Crippen LogP contribution in [0.3, 0.4) is 0 Å². The van der Waals surface area contributed by atoms with E-state index in [9.17, 15) is 4.79 Å². The molecule has 2 aromatic rings. The molecule has 2 rings (SSSR count). The maximum Gasteiger partial charge on any atom is 0.261 e. The summed E-state index contributed by atoms with van der Waals surface area (Å²) in [6, 6.07) is 12.7. The van der Waals surface area contributed by atoms with E-state index >= 15 is 0 Å². The molecule has 0 aliphatic carbocycles. The maximum absolute atomic E-state index is 12.2. The number of hydrogen-bond acceptors (Lipinski definition) is 2. The highest BCUT2D eigenvalue weighted by atomic mass is 35.5. The van der Waals surface area contributed by atoms with E-state index in [-0.39, 0.29) is 11.1 Å². The molecule has 0 N–H and O–H groups in total. The van der Waals surface area contributed by atoms with Crippen LogP contribution in [0, 0.1) is 0 Å². The Morgan fingerprint density at radius 1 is 1.18 bits per heavy atom. The molecule has 0 saturated carbocycles. The third-order valence-electron chi connectivity index (χ3n) is 2.44. The Balaban J connectivity index is 2.30. The number of aromatic nitrogens is 1. The van der Waals surface area contributed by atoms with E-state index in [0.29, 0.717) is 5.56 Å². The van der Waals surface area contributed by atoms with Gasteiger partial charge in [-0.3, -0.25) is 4.79 Å². The molecule has 0 spiro atoms. The second-order valence-electron chi connectivity index (χ2n) is 3.54. The van der Waals surface area contributed by atoms with Gasteiger partial charge < -0.3 is 4.90 Å². The summed E-state index contributed by atoms with van der Waals surface area (Å²) in [5, 5.41) is 0.222. The van der Waals surface area contributed by atoms with Crippen LogP contribution in [-0.4, -0.2) is 17.9 Å². The minimum Gasteiger partial charge on any atom is -0.311 e. The van der Waals surface area contributed by atoms with Crippen molar-refractivity contribution in [2.45, 2.75) is 0 Å². The van der Waals surface area contributed by atoms with Crippen LogP contribution >= 0.6 is 11.6 Å². The fourth-order valence-corrected chi connectivity index (χ4v) is 1.70. The van der Waals surface area contributed by atoms with Crippen molar-refractivity contribution in [2.75, 3.05) is 11.9 Å². The van der Waals surface area contributed by atoms with E-state index in [1.165, 1.54) is 0 Å². The number of rotatable bonds is 2. The van der Waals surface area contributed by atoms with Gasteiger partial charge >= 0.3 is 0 Å². The van der Waals surface area contributed by atoms with Crippen molar-refractivity contribution in [3.63, 3.8) is 0 Å². The van der Waals surface area contributed by atoms with E-state index in [1.807, 2.05) is 30.3 Å². The predicted molar refractivity (Wildman–Crippen MR) is 68.4 cm³/mol. The van der Waals surface area contributed by atoms with Crippen LogP contribution in [-0.2, 0) is 0 Å². The molecule has 0 fully saturated rings. The van der Waals surface area contributed by atoms with Crippen molar-refractivity contribution in [1.29, 1.82) is 0 Å². The Morgan fingerprint density at radius 3 is 2.53 bits per heavy atom. The first-order valence-electron chi connectivity index (χ1n) is 5.14. The molecule has 0 radical (unpaired) electrons. The minimum absolute atomic E-state index is 0.172. The van der Waals surface area contributed by atoms with Gasteiger partial charge in [-0.25, -0.2) is 4.98 Å². The molecule has 1 heterocycles. The van der Waals surface area contributed by atoms with E-state index in [4.69, 9.17) is 11.6 Å². The summed E-state index contributed by atoms with van der Waals surface area (Å²) in [5.74, 6) is -0.172. The SMILES string of the molecule is CN(C(=O)c1cccnc1Cl)c1ccccc1. The average Bonchev–Trinajstić information content (AvgIpc) is 2.39. The van der Waals surface area contributed by atoms with Gasteiger partial charge in [0.15, 0.2) is 0 Å². The highest BCUT2D eigenvalue weighted by molar-refractivity contribution is 6.33. The Morgan fingerprint density at radius 2 is 1.88 bits per heavy atom. The number of carbonyl (C=O) groups is 1. The molecule has 0 aliphatic rings. The van der Waals surface area contributed by atoms with Gasteiger partial charge in [-0.05, 0) is 24.3 Å². The van der Waals surface area contributed by atoms with Gasteiger partial charge in [0.05, 0.1) is 5.56 Å². The minimum atomic E-state index is -0.172. The third-order valence-corrected chi connectivity index (χ3v) is 2.74. The summed E-state index contributed by atoms with van der Waals surface area (Å²) >= 11 is 5.89. The number of amides is 1. The molecule has 0 atom stereocenters. The van der Waals surface area contributed by atoms with Crippen molar-refractivity contribution < 1.29 is 4.79 Å². The van der Waals surface area contributed by atoms with Crippen molar-refractivity contribution in [3.8, 4) is 0 Å². The number of para-hydroxylation sites is 1. The number of benzene rings is 1. The summed E-state index contributed by atoms with van der Waals surface area (Å²) in [5.41, 5.74) is 1.22. The second kappa shape index (κ2) is 4.97. The molecule has 1 amide bonds. The molecule has 1 aromatic heterocycles. The normalized spacial score (nSPS) is 10.0. The van der Waals surface area contributed by atoms with E-state index < -0.39 is 0 Å². The number of anilines is 1. The lowest BCUT2D eigenvalue weighted by atomic mass is 10.2. The molecule has 4 heteroatoms. The zero-order valence-corrected chi connectivity index (χ0v) is 10.1. The standard InChI is InChI=1S/C13H11ClN2O/c1-16(10-6-3-2-4-7-10)13(17)11-8-5-9-15-12(11)14/h2-9H,1H3. The molecular formula is C13H11ClN2O. The van der Waals surface area contributed by atoms with Gasteiger partial charge in [-0.2, -0.15) is 0 Å². The molecule has 1 aromatic carbocycles. The number of halogens is 1. The fourth-order valence-electron chi connectivity index (χ4n) is 1.50. The molecule has 86 valence electrons. The van der Waals surface area contributed by atoms with Crippen molar-refractivity contribution in [1.82, 2.24) is 4.98 Å². The summed E-state index contributed by atoms with van der Waals surface area (Å²) in [6.45, 7) is 0. The largest absolute Gasteiger partial charge is 0.311 e. The topological polar surface area (TPSA) is 33.2 Å².